The molecule has 1 aromatic rings. The topological polar surface area (TPSA) is 57.5 Å². The summed E-state index contributed by atoms with van der Waals surface area (Å²) in [5.41, 5.74) is 2.03. The Balaban J connectivity index is 2.12. The Morgan fingerprint density at radius 3 is 2.63 bits per heavy atom. The van der Waals surface area contributed by atoms with Crippen LogP contribution in [0, 0.1) is 5.92 Å². The number of halogens is 1. The predicted octanol–water partition coefficient (Wildman–Crippen LogP) is 3.97. The van der Waals surface area contributed by atoms with Gasteiger partial charge in [-0.25, -0.2) is 0 Å². The summed E-state index contributed by atoms with van der Waals surface area (Å²) in [5.74, 6) is -1.03. The van der Waals surface area contributed by atoms with Gasteiger partial charge in [0.1, 0.15) is 0 Å². The molecule has 19 heavy (non-hydrogen) atoms. The second-order valence-electron chi connectivity index (χ2n) is 4.99. The van der Waals surface area contributed by atoms with Gasteiger partial charge in [-0.1, -0.05) is 23.7 Å². The zero-order chi connectivity index (χ0) is 13.8. The third-order valence-electron chi connectivity index (χ3n) is 3.56. The Labute approximate surface area is 117 Å². The van der Waals surface area contributed by atoms with E-state index in [1.165, 1.54) is 0 Å². The lowest BCUT2D eigenvalue weighted by Crippen LogP contribution is -2.13. The van der Waals surface area contributed by atoms with Gasteiger partial charge in [-0.05, 0) is 49.0 Å². The normalized spacial score (nSPS) is 20.2. The zero-order valence-corrected chi connectivity index (χ0v) is 11.4. The van der Waals surface area contributed by atoms with E-state index in [9.17, 15) is 9.90 Å². The highest BCUT2D eigenvalue weighted by molar-refractivity contribution is 6.30. The molecule has 0 bridgehead atoms. The van der Waals surface area contributed by atoms with Gasteiger partial charge in [0, 0.05) is 11.4 Å². The summed E-state index contributed by atoms with van der Waals surface area (Å²) in [6, 6.07) is 7.51. The fourth-order valence-electron chi connectivity index (χ4n) is 2.44. The molecule has 4 heteroatoms. The summed E-state index contributed by atoms with van der Waals surface area (Å²) in [5, 5.41) is 19.8. The maximum atomic E-state index is 11.0. The van der Waals surface area contributed by atoms with E-state index in [2.05, 4.69) is 0 Å². The van der Waals surface area contributed by atoms with Gasteiger partial charge in [0.15, 0.2) is 0 Å². The third-order valence-corrected chi connectivity index (χ3v) is 3.81. The quantitative estimate of drug-likeness (QED) is 0.881. The van der Waals surface area contributed by atoms with E-state index >= 15 is 0 Å². The van der Waals surface area contributed by atoms with Crippen molar-refractivity contribution in [2.24, 2.45) is 5.92 Å². The van der Waals surface area contributed by atoms with E-state index in [1.807, 2.05) is 24.3 Å². The van der Waals surface area contributed by atoms with Crippen LogP contribution in [0.25, 0.3) is 0 Å². The number of carboxylic acid groups (broad SMARTS) is 1. The number of carboxylic acids is 1. The van der Waals surface area contributed by atoms with Crippen LogP contribution < -0.4 is 0 Å². The molecule has 1 aromatic carbocycles. The maximum Gasteiger partial charge on any atom is 0.306 e. The molecule has 0 saturated heterocycles. The molecule has 2 rings (SSSR count). The molecule has 0 fully saturated rings. The SMILES string of the molecule is O=C(O)C1CCCC(Cc2ccc(Cl)cc2)=C(O)C1. The van der Waals surface area contributed by atoms with Gasteiger partial charge in [0.2, 0.25) is 0 Å². The minimum Gasteiger partial charge on any atom is -0.512 e. The molecule has 1 atom stereocenters. The first-order chi connectivity index (χ1) is 9.06. The van der Waals surface area contributed by atoms with Gasteiger partial charge in [-0.3, -0.25) is 4.79 Å². The number of hydrogen-bond acceptors (Lipinski definition) is 2. The fraction of sp³-hybridized carbons (Fsp3) is 0.400. The van der Waals surface area contributed by atoms with Crippen LogP contribution in [0.1, 0.15) is 31.2 Å². The third kappa shape index (κ3) is 3.74. The van der Waals surface area contributed by atoms with Gasteiger partial charge in [-0.2, -0.15) is 0 Å². The lowest BCUT2D eigenvalue weighted by molar-refractivity contribution is -0.142. The summed E-state index contributed by atoms with van der Waals surface area (Å²) in [7, 11) is 0. The van der Waals surface area contributed by atoms with Crippen LogP contribution in [0.5, 0.6) is 0 Å². The molecule has 0 amide bonds. The lowest BCUT2D eigenvalue weighted by atomic mass is 10.0. The second kappa shape index (κ2) is 6.11. The summed E-state index contributed by atoms with van der Waals surface area (Å²) in [6.45, 7) is 0. The summed E-state index contributed by atoms with van der Waals surface area (Å²) < 4.78 is 0. The minimum atomic E-state index is -0.820. The molecular weight excluding hydrogens is 264 g/mol. The number of hydrogen-bond donors (Lipinski definition) is 2. The van der Waals surface area contributed by atoms with Crippen molar-refractivity contribution in [3.8, 4) is 0 Å². The molecule has 0 aromatic heterocycles. The number of aliphatic hydroxyl groups is 1. The van der Waals surface area contributed by atoms with Crippen molar-refractivity contribution < 1.29 is 15.0 Å². The van der Waals surface area contributed by atoms with Crippen molar-refractivity contribution in [2.75, 3.05) is 0 Å². The molecule has 3 nitrogen and oxygen atoms in total. The van der Waals surface area contributed by atoms with Crippen molar-refractivity contribution in [3.63, 3.8) is 0 Å². The highest BCUT2D eigenvalue weighted by Gasteiger charge is 2.23. The van der Waals surface area contributed by atoms with E-state index in [4.69, 9.17) is 16.7 Å². The molecule has 0 heterocycles. The summed E-state index contributed by atoms with van der Waals surface area (Å²) in [4.78, 5) is 11.0. The first-order valence-electron chi connectivity index (χ1n) is 6.43. The predicted molar refractivity (Wildman–Crippen MR) is 74.4 cm³/mol. The maximum absolute atomic E-state index is 11.0. The van der Waals surface area contributed by atoms with Crippen LogP contribution >= 0.6 is 11.6 Å². The monoisotopic (exact) mass is 280 g/mol. The van der Waals surface area contributed by atoms with Gasteiger partial charge in [-0.15, -0.1) is 0 Å². The molecule has 102 valence electrons. The Morgan fingerprint density at radius 1 is 1.32 bits per heavy atom. The number of allylic oxidation sites excluding steroid dienone is 2. The largest absolute Gasteiger partial charge is 0.512 e. The van der Waals surface area contributed by atoms with Crippen LogP contribution in [0.2, 0.25) is 5.02 Å². The van der Waals surface area contributed by atoms with Crippen molar-refractivity contribution in [1.82, 2.24) is 0 Å². The number of rotatable bonds is 3. The average Bonchev–Trinajstić information content (AvgIpc) is 2.55. The Bertz CT molecular complexity index is 491. The van der Waals surface area contributed by atoms with Gasteiger partial charge in [0.05, 0.1) is 11.7 Å². The second-order valence-corrected chi connectivity index (χ2v) is 5.42. The van der Waals surface area contributed by atoms with E-state index in [0.717, 1.165) is 24.0 Å². The van der Waals surface area contributed by atoms with Crippen LogP contribution in [-0.2, 0) is 11.2 Å². The van der Waals surface area contributed by atoms with Crippen molar-refractivity contribution in [2.45, 2.75) is 32.1 Å². The van der Waals surface area contributed by atoms with E-state index in [-0.39, 0.29) is 12.2 Å². The smallest absolute Gasteiger partial charge is 0.306 e. The van der Waals surface area contributed by atoms with Crippen molar-refractivity contribution in [3.05, 3.63) is 46.2 Å². The Kier molecular flexibility index (Phi) is 4.48. The number of aliphatic carboxylic acids is 1. The molecule has 0 spiro atoms. The highest BCUT2D eigenvalue weighted by Crippen LogP contribution is 2.29. The van der Waals surface area contributed by atoms with E-state index in [0.29, 0.717) is 17.9 Å². The van der Waals surface area contributed by atoms with Gasteiger partial charge >= 0.3 is 5.97 Å². The fourth-order valence-corrected chi connectivity index (χ4v) is 2.56. The van der Waals surface area contributed by atoms with Crippen molar-refractivity contribution >= 4 is 17.6 Å². The minimum absolute atomic E-state index is 0.248. The number of benzene rings is 1. The van der Waals surface area contributed by atoms with Crippen molar-refractivity contribution in [1.29, 1.82) is 0 Å². The standard InChI is InChI=1S/C15H17ClO3/c16-13-6-4-10(5-7-13)8-11-2-1-3-12(15(18)19)9-14(11)17/h4-7,12,17H,1-3,8-9H2,(H,18,19). The van der Waals surface area contributed by atoms with E-state index < -0.39 is 11.9 Å². The van der Waals surface area contributed by atoms with Crippen LogP contribution in [0.15, 0.2) is 35.6 Å². The zero-order valence-electron chi connectivity index (χ0n) is 10.6. The highest BCUT2D eigenvalue weighted by atomic mass is 35.5. The summed E-state index contributed by atoms with van der Waals surface area (Å²) in [6.07, 6.45) is 3.11. The Hall–Kier alpha value is -1.48. The molecule has 1 unspecified atom stereocenters. The Morgan fingerprint density at radius 2 is 2.00 bits per heavy atom. The molecular formula is C15H17ClO3. The lowest BCUT2D eigenvalue weighted by Gasteiger charge is -2.09. The van der Waals surface area contributed by atoms with Crippen LogP contribution in [0.4, 0.5) is 0 Å². The average molecular weight is 281 g/mol. The number of carbonyl (C=O) groups is 1. The molecule has 2 N–H and O–H groups in total. The van der Waals surface area contributed by atoms with Gasteiger partial charge < -0.3 is 10.2 Å². The molecule has 1 aliphatic rings. The summed E-state index contributed by atoms with van der Waals surface area (Å²) >= 11 is 5.84. The molecule has 1 aliphatic carbocycles. The van der Waals surface area contributed by atoms with Crippen LogP contribution in [-0.4, -0.2) is 16.2 Å². The molecule has 0 aliphatic heterocycles. The molecule has 0 radical (unpaired) electrons. The number of aliphatic hydroxyl groups excluding tert-OH is 1. The van der Waals surface area contributed by atoms with E-state index in [1.54, 1.807) is 0 Å². The van der Waals surface area contributed by atoms with Crippen LogP contribution in [0.3, 0.4) is 0 Å². The molecule has 0 saturated carbocycles. The first-order valence-corrected chi connectivity index (χ1v) is 6.81. The van der Waals surface area contributed by atoms with Gasteiger partial charge in [0.25, 0.3) is 0 Å². The first kappa shape index (κ1) is 13.9.